The molecule has 1 aromatic heterocycles. The van der Waals surface area contributed by atoms with Crippen LogP contribution in [0.2, 0.25) is 0 Å². The van der Waals surface area contributed by atoms with Crippen LogP contribution in [0.15, 0.2) is 47.3 Å². The number of rotatable bonds is 7. The third kappa shape index (κ3) is 4.55. The number of amides is 1. The minimum absolute atomic E-state index is 0.0957. The van der Waals surface area contributed by atoms with Crippen molar-refractivity contribution < 1.29 is 4.79 Å². The largest absolute Gasteiger partial charge is 0.333 e. The molecule has 0 saturated carbocycles. The Morgan fingerprint density at radius 3 is 2.39 bits per heavy atom. The van der Waals surface area contributed by atoms with Crippen LogP contribution in [0, 0.1) is 19.8 Å². The zero-order valence-corrected chi connectivity index (χ0v) is 19.5. The first kappa shape index (κ1) is 22.7. The molecule has 3 aromatic rings. The SMILES string of the molecule is CCC(c1nc2ccccc2c(=O)n1-c1ccc(C)c(C)c1)N(CC)C(=O)CC(C)C. The molecule has 0 aliphatic rings. The smallest absolute Gasteiger partial charge is 0.266 e. The number of carbonyl (C=O) groups is 1. The maximum atomic E-state index is 13.6. The van der Waals surface area contributed by atoms with Crippen molar-refractivity contribution in [2.24, 2.45) is 5.92 Å². The van der Waals surface area contributed by atoms with Gasteiger partial charge in [-0.2, -0.15) is 0 Å². The van der Waals surface area contributed by atoms with Crippen LogP contribution in [-0.2, 0) is 4.79 Å². The van der Waals surface area contributed by atoms with Crippen molar-refractivity contribution in [3.8, 4) is 5.69 Å². The van der Waals surface area contributed by atoms with Gasteiger partial charge in [0.15, 0.2) is 0 Å². The van der Waals surface area contributed by atoms with Gasteiger partial charge in [-0.1, -0.05) is 39.0 Å². The summed E-state index contributed by atoms with van der Waals surface area (Å²) in [7, 11) is 0. The first-order chi connectivity index (χ1) is 14.8. The average molecular weight is 420 g/mol. The number of fused-ring (bicyclic) bond motifs is 1. The zero-order valence-electron chi connectivity index (χ0n) is 19.5. The fourth-order valence-electron chi connectivity index (χ4n) is 4.07. The van der Waals surface area contributed by atoms with E-state index in [-0.39, 0.29) is 23.4 Å². The third-order valence-electron chi connectivity index (χ3n) is 5.86. The van der Waals surface area contributed by atoms with Crippen LogP contribution in [0.4, 0.5) is 0 Å². The highest BCUT2D eigenvalue weighted by Gasteiger charge is 2.28. The van der Waals surface area contributed by atoms with Crippen LogP contribution in [0.5, 0.6) is 0 Å². The molecule has 0 radical (unpaired) electrons. The molecule has 164 valence electrons. The van der Waals surface area contributed by atoms with Gasteiger partial charge in [0, 0.05) is 13.0 Å². The van der Waals surface area contributed by atoms with Gasteiger partial charge in [-0.3, -0.25) is 14.2 Å². The maximum Gasteiger partial charge on any atom is 0.266 e. The summed E-state index contributed by atoms with van der Waals surface area (Å²) in [6.45, 7) is 12.8. The quantitative estimate of drug-likeness (QED) is 0.519. The fraction of sp³-hybridized carbons (Fsp3) is 0.423. The van der Waals surface area contributed by atoms with Gasteiger partial charge in [0.1, 0.15) is 5.82 Å². The minimum Gasteiger partial charge on any atom is -0.333 e. The van der Waals surface area contributed by atoms with Gasteiger partial charge in [0.25, 0.3) is 5.56 Å². The lowest BCUT2D eigenvalue weighted by atomic mass is 10.1. The number of benzene rings is 2. The van der Waals surface area contributed by atoms with Crippen molar-refractivity contribution in [1.82, 2.24) is 14.5 Å². The zero-order chi connectivity index (χ0) is 22.7. The summed E-state index contributed by atoms with van der Waals surface area (Å²) in [5.74, 6) is 0.984. The second kappa shape index (κ2) is 9.46. The molecular weight excluding hydrogens is 386 g/mol. The van der Waals surface area contributed by atoms with Gasteiger partial charge in [-0.15, -0.1) is 0 Å². The number of carbonyl (C=O) groups excluding carboxylic acids is 1. The molecule has 2 aromatic carbocycles. The second-order valence-corrected chi connectivity index (χ2v) is 8.60. The van der Waals surface area contributed by atoms with E-state index in [1.165, 1.54) is 5.56 Å². The van der Waals surface area contributed by atoms with Crippen LogP contribution < -0.4 is 5.56 Å². The molecule has 1 amide bonds. The van der Waals surface area contributed by atoms with Crippen LogP contribution in [0.1, 0.15) is 63.5 Å². The maximum absolute atomic E-state index is 13.6. The summed E-state index contributed by atoms with van der Waals surface area (Å²) >= 11 is 0. The van der Waals surface area contributed by atoms with Gasteiger partial charge in [0.05, 0.1) is 22.6 Å². The molecule has 0 aliphatic carbocycles. The highest BCUT2D eigenvalue weighted by molar-refractivity contribution is 5.79. The van der Waals surface area contributed by atoms with E-state index in [2.05, 4.69) is 6.92 Å². The molecule has 5 heteroatoms. The van der Waals surface area contributed by atoms with Crippen LogP contribution >= 0.6 is 0 Å². The Balaban J connectivity index is 2.29. The summed E-state index contributed by atoms with van der Waals surface area (Å²) < 4.78 is 1.70. The topological polar surface area (TPSA) is 55.2 Å². The van der Waals surface area contributed by atoms with Crippen molar-refractivity contribution in [2.45, 2.75) is 60.4 Å². The molecule has 31 heavy (non-hydrogen) atoms. The average Bonchev–Trinajstić information content (AvgIpc) is 2.73. The van der Waals surface area contributed by atoms with Crippen LogP contribution in [0.3, 0.4) is 0 Å². The molecule has 0 spiro atoms. The number of nitrogens with zero attached hydrogens (tertiary/aromatic N) is 3. The van der Waals surface area contributed by atoms with Crippen molar-refractivity contribution in [3.05, 3.63) is 69.8 Å². The van der Waals surface area contributed by atoms with E-state index in [4.69, 9.17) is 4.98 Å². The van der Waals surface area contributed by atoms with E-state index in [9.17, 15) is 9.59 Å². The normalized spacial score (nSPS) is 12.4. The molecule has 1 unspecified atom stereocenters. The Morgan fingerprint density at radius 1 is 1.06 bits per heavy atom. The molecule has 0 fully saturated rings. The Labute approximate surface area is 184 Å². The lowest BCUT2D eigenvalue weighted by Crippen LogP contribution is -2.38. The van der Waals surface area contributed by atoms with Gasteiger partial charge in [-0.25, -0.2) is 4.98 Å². The molecule has 0 N–H and O–H groups in total. The highest BCUT2D eigenvalue weighted by atomic mass is 16.2. The van der Waals surface area contributed by atoms with Crippen molar-refractivity contribution in [2.75, 3.05) is 6.54 Å². The molecule has 1 heterocycles. The Kier molecular flexibility index (Phi) is 6.94. The molecule has 0 aliphatic heterocycles. The number of aryl methyl sites for hydroxylation is 2. The van der Waals surface area contributed by atoms with Crippen LogP contribution in [0.25, 0.3) is 16.6 Å². The van der Waals surface area contributed by atoms with Gasteiger partial charge < -0.3 is 4.90 Å². The Morgan fingerprint density at radius 2 is 1.77 bits per heavy atom. The number of hydrogen-bond acceptors (Lipinski definition) is 3. The summed E-state index contributed by atoms with van der Waals surface area (Å²) in [6.07, 6.45) is 1.15. The van der Waals surface area contributed by atoms with Crippen molar-refractivity contribution in [3.63, 3.8) is 0 Å². The van der Waals surface area contributed by atoms with E-state index in [0.717, 1.165) is 11.3 Å². The van der Waals surface area contributed by atoms with Gasteiger partial charge in [0.2, 0.25) is 5.91 Å². The fourth-order valence-corrected chi connectivity index (χ4v) is 4.07. The summed E-state index contributed by atoms with van der Waals surface area (Å²) in [5, 5.41) is 0.580. The Hall–Kier alpha value is -2.95. The van der Waals surface area contributed by atoms with E-state index < -0.39 is 0 Å². The van der Waals surface area contributed by atoms with Crippen molar-refractivity contribution >= 4 is 16.8 Å². The second-order valence-electron chi connectivity index (χ2n) is 8.60. The number of para-hydroxylation sites is 1. The summed E-state index contributed by atoms with van der Waals surface area (Å²) in [4.78, 5) is 33.5. The first-order valence-corrected chi connectivity index (χ1v) is 11.2. The Bertz CT molecular complexity index is 1150. The standard InChI is InChI=1S/C26H33N3O2/c1-7-23(28(8-2)24(30)15-17(3)4)25-27-22-12-10-9-11-21(22)26(31)29(25)20-14-13-18(5)19(6)16-20/h9-14,16-17,23H,7-8,15H2,1-6H3. The molecule has 5 nitrogen and oxygen atoms in total. The van der Waals surface area contributed by atoms with E-state index in [0.29, 0.717) is 36.1 Å². The number of hydrogen-bond donors (Lipinski definition) is 0. The molecule has 0 saturated heterocycles. The lowest BCUT2D eigenvalue weighted by Gasteiger charge is -2.32. The van der Waals surface area contributed by atoms with Crippen molar-refractivity contribution in [1.29, 1.82) is 0 Å². The number of aromatic nitrogens is 2. The molecular formula is C26H33N3O2. The summed E-state index contributed by atoms with van der Waals surface area (Å²) in [6, 6.07) is 13.2. The van der Waals surface area contributed by atoms with Gasteiger partial charge in [-0.05, 0) is 68.5 Å². The molecule has 0 bridgehead atoms. The van der Waals surface area contributed by atoms with E-state index in [1.54, 1.807) is 4.57 Å². The van der Waals surface area contributed by atoms with E-state index >= 15 is 0 Å². The predicted molar refractivity (Wildman–Crippen MR) is 127 cm³/mol. The van der Waals surface area contributed by atoms with Crippen LogP contribution in [-0.4, -0.2) is 26.9 Å². The summed E-state index contributed by atoms with van der Waals surface area (Å²) in [5.41, 5.74) is 3.62. The third-order valence-corrected chi connectivity index (χ3v) is 5.86. The monoisotopic (exact) mass is 419 g/mol. The first-order valence-electron chi connectivity index (χ1n) is 11.2. The lowest BCUT2D eigenvalue weighted by molar-refractivity contribution is -0.134. The highest BCUT2D eigenvalue weighted by Crippen LogP contribution is 2.27. The predicted octanol–water partition coefficient (Wildman–Crippen LogP) is 5.35. The molecule has 3 rings (SSSR count). The van der Waals surface area contributed by atoms with E-state index in [1.807, 2.05) is 82.0 Å². The van der Waals surface area contributed by atoms with Gasteiger partial charge >= 0.3 is 0 Å². The minimum atomic E-state index is -0.282. The molecule has 1 atom stereocenters.